The van der Waals surface area contributed by atoms with Gasteiger partial charge in [0.05, 0.1) is 11.7 Å². The average Bonchev–Trinajstić information content (AvgIpc) is 2.99. The lowest BCUT2D eigenvalue weighted by molar-refractivity contribution is 0.526. The van der Waals surface area contributed by atoms with Crippen molar-refractivity contribution in [3.05, 3.63) is 53.2 Å². The Balaban J connectivity index is 2.01. The number of rotatable bonds is 2. The third-order valence-corrected chi connectivity index (χ3v) is 3.27. The van der Waals surface area contributed by atoms with Crippen LogP contribution >= 0.6 is 0 Å². The summed E-state index contributed by atoms with van der Waals surface area (Å²) in [5, 5.41) is 3.28. The van der Waals surface area contributed by atoms with Gasteiger partial charge in [0, 0.05) is 18.9 Å². The minimum Gasteiger partial charge on any atom is -0.315 e. The van der Waals surface area contributed by atoms with Crippen LogP contribution in [0.25, 0.3) is 5.69 Å². The van der Waals surface area contributed by atoms with Crippen molar-refractivity contribution in [3.8, 4) is 5.69 Å². The van der Waals surface area contributed by atoms with E-state index >= 15 is 0 Å². The Labute approximate surface area is 99.5 Å². The summed E-state index contributed by atoms with van der Waals surface area (Å²) in [7, 11) is 0. The van der Waals surface area contributed by atoms with Gasteiger partial charge in [-0.2, -0.15) is 0 Å². The SMILES string of the molecule is O=c1n(-c2ccccc2)ccn1C1CCNC1. The number of nitrogens with one attached hydrogen (secondary N) is 1. The molecular weight excluding hydrogens is 214 g/mol. The summed E-state index contributed by atoms with van der Waals surface area (Å²) in [6.07, 6.45) is 4.75. The van der Waals surface area contributed by atoms with E-state index in [-0.39, 0.29) is 5.69 Å². The number of nitrogens with zero attached hydrogens (tertiary/aromatic N) is 2. The molecule has 0 amide bonds. The lowest BCUT2D eigenvalue weighted by Crippen LogP contribution is -2.27. The summed E-state index contributed by atoms with van der Waals surface area (Å²) in [4.78, 5) is 12.3. The minimum absolute atomic E-state index is 0.0462. The molecule has 0 spiro atoms. The van der Waals surface area contributed by atoms with Crippen molar-refractivity contribution in [2.45, 2.75) is 12.5 Å². The van der Waals surface area contributed by atoms with Crippen molar-refractivity contribution >= 4 is 0 Å². The van der Waals surface area contributed by atoms with Crippen LogP contribution < -0.4 is 11.0 Å². The summed E-state index contributed by atoms with van der Waals surface area (Å²) in [6.45, 7) is 1.88. The maximum Gasteiger partial charge on any atom is 0.333 e. The van der Waals surface area contributed by atoms with Crippen molar-refractivity contribution in [2.75, 3.05) is 13.1 Å². The van der Waals surface area contributed by atoms with Crippen LogP contribution in [0, 0.1) is 0 Å². The van der Waals surface area contributed by atoms with Gasteiger partial charge < -0.3 is 5.32 Å². The number of imidazole rings is 1. The highest BCUT2D eigenvalue weighted by Crippen LogP contribution is 2.13. The Hall–Kier alpha value is -1.81. The first-order valence-corrected chi connectivity index (χ1v) is 5.92. The van der Waals surface area contributed by atoms with E-state index in [9.17, 15) is 4.79 Å². The van der Waals surface area contributed by atoms with Gasteiger partial charge in [-0.15, -0.1) is 0 Å². The van der Waals surface area contributed by atoms with Crippen molar-refractivity contribution in [1.29, 1.82) is 0 Å². The fraction of sp³-hybridized carbons (Fsp3) is 0.308. The second-order valence-corrected chi connectivity index (χ2v) is 4.34. The third-order valence-electron chi connectivity index (χ3n) is 3.27. The Kier molecular flexibility index (Phi) is 2.57. The van der Waals surface area contributed by atoms with Crippen LogP contribution in [-0.4, -0.2) is 22.2 Å². The number of hydrogen-bond acceptors (Lipinski definition) is 2. The molecule has 0 aliphatic carbocycles. The molecular formula is C13H15N3O. The van der Waals surface area contributed by atoms with E-state index in [4.69, 9.17) is 0 Å². The van der Waals surface area contributed by atoms with E-state index in [0.717, 1.165) is 25.2 Å². The molecule has 17 heavy (non-hydrogen) atoms. The molecule has 88 valence electrons. The van der Waals surface area contributed by atoms with E-state index in [2.05, 4.69) is 5.32 Å². The molecule has 3 rings (SSSR count). The van der Waals surface area contributed by atoms with Crippen molar-refractivity contribution in [3.63, 3.8) is 0 Å². The predicted molar refractivity (Wildman–Crippen MR) is 66.6 cm³/mol. The van der Waals surface area contributed by atoms with E-state index in [1.54, 1.807) is 4.57 Å². The van der Waals surface area contributed by atoms with Crippen LogP contribution in [0.3, 0.4) is 0 Å². The Morgan fingerprint density at radius 2 is 2.00 bits per heavy atom. The van der Waals surface area contributed by atoms with Crippen molar-refractivity contribution < 1.29 is 0 Å². The van der Waals surface area contributed by atoms with Crippen LogP contribution in [0.15, 0.2) is 47.5 Å². The molecule has 1 atom stereocenters. The zero-order valence-electron chi connectivity index (χ0n) is 9.54. The first-order chi connectivity index (χ1) is 8.36. The summed E-state index contributed by atoms with van der Waals surface area (Å²) >= 11 is 0. The molecule has 1 fully saturated rings. The lowest BCUT2D eigenvalue weighted by atomic mass is 10.3. The standard InChI is InChI=1S/C13H15N3O/c17-13-15(11-4-2-1-3-5-11)8-9-16(13)12-6-7-14-10-12/h1-5,8-9,12,14H,6-7,10H2. The molecule has 4 heteroatoms. The predicted octanol–water partition coefficient (Wildman–Crippen LogP) is 1.17. The Morgan fingerprint density at radius 3 is 2.71 bits per heavy atom. The molecule has 1 N–H and O–H groups in total. The minimum atomic E-state index is 0.0462. The number of para-hydroxylation sites is 1. The van der Waals surface area contributed by atoms with Crippen LogP contribution in [0.5, 0.6) is 0 Å². The second kappa shape index (κ2) is 4.22. The molecule has 0 radical (unpaired) electrons. The van der Waals surface area contributed by atoms with E-state index in [0.29, 0.717) is 6.04 Å². The topological polar surface area (TPSA) is 39.0 Å². The molecule has 1 aromatic carbocycles. The highest BCUT2D eigenvalue weighted by atomic mass is 16.1. The summed E-state index contributed by atoms with van der Waals surface area (Å²) < 4.78 is 3.52. The van der Waals surface area contributed by atoms with Gasteiger partial charge in [0.25, 0.3) is 0 Å². The van der Waals surface area contributed by atoms with E-state index in [1.807, 2.05) is 47.3 Å². The van der Waals surface area contributed by atoms with Crippen LogP contribution in [0.2, 0.25) is 0 Å². The molecule has 1 saturated heterocycles. The van der Waals surface area contributed by atoms with Crippen LogP contribution in [-0.2, 0) is 0 Å². The molecule has 0 saturated carbocycles. The summed E-state index contributed by atoms with van der Waals surface area (Å²) in [5.74, 6) is 0. The van der Waals surface area contributed by atoms with Gasteiger partial charge in [0.2, 0.25) is 0 Å². The van der Waals surface area contributed by atoms with Crippen LogP contribution in [0.1, 0.15) is 12.5 Å². The third kappa shape index (κ3) is 1.80. The highest BCUT2D eigenvalue weighted by Gasteiger charge is 2.18. The fourth-order valence-corrected chi connectivity index (χ4v) is 2.33. The molecule has 1 aliphatic rings. The molecule has 4 nitrogen and oxygen atoms in total. The number of benzene rings is 1. The Morgan fingerprint density at radius 1 is 1.18 bits per heavy atom. The molecule has 0 bridgehead atoms. The number of hydrogen-bond donors (Lipinski definition) is 1. The van der Waals surface area contributed by atoms with Gasteiger partial charge in [0.1, 0.15) is 0 Å². The van der Waals surface area contributed by atoms with Gasteiger partial charge in [-0.1, -0.05) is 18.2 Å². The second-order valence-electron chi connectivity index (χ2n) is 4.34. The first-order valence-electron chi connectivity index (χ1n) is 5.92. The van der Waals surface area contributed by atoms with Gasteiger partial charge in [-0.3, -0.25) is 9.13 Å². The van der Waals surface area contributed by atoms with Gasteiger partial charge in [0.15, 0.2) is 0 Å². The largest absolute Gasteiger partial charge is 0.333 e. The molecule has 1 unspecified atom stereocenters. The lowest BCUT2D eigenvalue weighted by Gasteiger charge is -2.08. The zero-order valence-corrected chi connectivity index (χ0v) is 9.54. The maximum atomic E-state index is 12.3. The molecule has 1 aliphatic heterocycles. The van der Waals surface area contributed by atoms with Gasteiger partial charge >= 0.3 is 5.69 Å². The summed E-state index contributed by atoms with van der Waals surface area (Å²) in [5.41, 5.74) is 0.965. The number of aromatic nitrogens is 2. The van der Waals surface area contributed by atoms with E-state index in [1.165, 1.54) is 0 Å². The van der Waals surface area contributed by atoms with Crippen LogP contribution in [0.4, 0.5) is 0 Å². The van der Waals surface area contributed by atoms with Gasteiger partial charge in [-0.25, -0.2) is 4.79 Å². The quantitative estimate of drug-likeness (QED) is 0.839. The maximum absolute atomic E-state index is 12.3. The highest BCUT2D eigenvalue weighted by molar-refractivity contribution is 5.31. The van der Waals surface area contributed by atoms with Crippen molar-refractivity contribution in [2.24, 2.45) is 0 Å². The Bertz CT molecular complexity index is 550. The zero-order chi connectivity index (χ0) is 11.7. The molecule has 1 aromatic heterocycles. The first kappa shape index (κ1) is 10.4. The van der Waals surface area contributed by atoms with E-state index < -0.39 is 0 Å². The molecule has 2 heterocycles. The van der Waals surface area contributed by atoms with Crippen molar-refractivity contribution in [1.82, 2.24) is 14.5 Å². The monoisotopic (exact) mass is 229 g/mol. The fourth-order valence-electron chi connectivity index (χ4n) is 2.33. The normalized spacial score (nSPS) is 19.6. The summed E-state index contributed by atoms with van der Waals surface area (Å²) in [6, 6.07) is 10.0. The average molecular weight is 229 g/mol. The molecule has 2 aromatic rings. The van der Waals surface area contributed by atoms with Gasteiger partial charge in [-0.05, 0) is 25.1 Å². The smallest absolute Gasteiger partial charge is 0.315 e.